The van der Waals surface area contributed by atoms with E-state index in [9.17, 15) is 9.59 Å². The Morgan fingerprint density at radius 2 is 2.15 bits per heavy atom. The summed E-state index contributed by atoms with van der Waals surface area (Å²) >= 11 is 6.02. The number of halogens is 1. The van der Waals surface area contributed by atoms with Gasteiger partial charge in [0.2, 0.25) is 5.91 Å². The second kappa shape index (κ2) is 8.05. The highest BCUT2D eigenvalue weighted by molar-refractivity contribution is 6.31. The van der Waals surface area contributed by atoms with Gasteiger partial charge in [-0.05, 0) is 37.0 Å². The average Bonchev–Trinajstić information content (AvgIpc) is 2.54. The smallest absolute Gasteiger partial charge is 0.226 e. The van der Waals surface area contributed by atoms with E-state index in [0.717, 1.165) is 16.1 Å². The molecule has 2 aliphatic rings. The van der Waals surface area contributed by atoms with Gasteiger partial charge in [0.05, 0.1) is 19.3 Å². The molecule has 0 spiro atoms. The summed E-state index contributed by atoms with van der Waals surface area (Å²) in [6, 6.07) is 5.85. The van der Waals surface area contributed by atoms with E-state index in [2.05, 4.69) is 0 Å². The van der Waals surface area contributed by atoms with Crippen molar-refractivity contribution in [2.75, 3.05) is 26.3 Å². The maximum atomic E-state index is 12.4. The number of hydrogen-bond acceptors (Lipinski definition) is 5. The molecule has 1 saturated heterocycles. The summed E-state index contributed by atoms with van der Waals surface area (Å²) in [7, 11) is 0. The molecule has 0 aromatic heterocycles. The number of likely N-dealkylation sites (tertiary alicyclic amines) is 1. The van der Waals surface area contributed by atoms with Crippen molar-refractivity contribution in [1.29, 1.82) is 0 Å². The van der Waals surface area contributed by atoms with E-state index in [1.54, 1.807) is 0 Å². The first kappa shape index (κ1) is 19.3. The van der Waals surface area contributed by atoms with Gasteiger partial charge in [0, 0.05) is 29.6 Å². The fraction of sp³-hybridized carbons (Fsp3) is 0.579. The van der Waals surface area contributed by atoms with Crippen LogP contribution in [-0.2, 0) is 25.7 Å². The van der Waals surface area contributed by atoms with Crippen LogP contribution in [0.15, 0.2) is 18.2 Å². The first-order chi connectivity index (χ1) is 12.4. The summed E-state index contributed by atoms with van der Waals surface area (Å²) in [6.45, 7) is 4.11. The zero-order valence-corrected chi connectivity index (χ0v) is 15.7. The van der Waals surface area contributed by atoms with E-state index in [1.807, 2.05) is 30.0 Å². The molecule has 3 rings (SSSR count). The quantitative estimate of drug-likeness (QED) is 0.548. The van der Waals surface area contributed by atoms with Crippen LogP contribution >= 0.6 is 11.6 Å². The highest BCUT2D eigenvalue weighted by Crippen LogP contribution is 2.38. The van der Waals surface area contributed by atoms with Crippen LogP contribution in [-0.4, -0.2) is 55.0 Å². The number of aldehydes is 1. The lowest BCUT2D eigenvalue weighted by atomic mass is 9.68. The molecule has 1 heterocycles. The van der Waals surface area contributed by atoms with Crippen LogP contribution < -0.4 is 5.73 Å². The molecule has 1 aliphatic carbocycles. The Hall–Kier alpha value is -1.47. The van der Waals surface area contributed by atoms with Crippen LogP contribution in [0, 0.1) is 12.8 Å². The van der Waals surface area contributed by atoms with Crippen molar-refractivity contribution in [3.05, 3.63) is 34.3 Å². The number of carbonyl (C=O) groups excluding carboxylic acids is 2. The lowest BCUT2D eigenvalue weighted by Gasteiger charge is -2.48. The van der Waals surface area contributed by atoms with Crippen LogP contribution in [0.3, 0.4) is 0 Å². The minimum Gasteiger partial charge on any atom is -0.372 e. The number of amides is 1. The van der Waals surface area contributed by atoms with Crippen LogP contribution in [0.2, 0.25) is 5.02 Å². The summed E-state index contributed by atoms with van der Waals surface area (Å²) in [6.07, 6.45) is 2.00. The van der Waals surface area contributed by atoms with E-state index in [0.29, 0.717) is 45.4 Å². The molecule has 0 bridgehead atoms. The topological polar surface area (TPSA) is 81.9 Å². The number of benzene rings is 1. The number of aryl methyl sites for hydroxylation is 1. The number of carbonyl (C=O) groups is 2. The molecule has 1 amide bonds. The summed E-state index contributed by atoms with van der Waals surface area (Å²) in [5.74, 6) is 0.100. The van der Waals surface area contributed by atoms with Gasteiger partial charge in [-0.3, -0.25) is 4.79 Å². The van der Waals surface area contributed by atoms with Gasteiger partial charge in [-0.2, -0.15) is 0 Å². The van der Waals surface area contributed by atoms with Gasteiger partial charge in [0.15, 0.2) is 0 Å². The molecule has 142 valence electrons. The van der Waals surface area contributed by atoms with Gasteiger partial charge < -0.3 is 24.9 Å². The van der Waals surface area contributed by atoms with Gasteiger partial charge in [-0.25, -0.2) is 0 Å². The van der Waals surface area contributed by atoms with Crippen molar-refractivity contribution in [3.63, 3.8) is 0 Å². The van der Waals surface area contributed by atoms with Crippen molar-refractivity contribution < 1.29 is 19.1 Å². The maximum Gasteiger partial charge on any atom is 0.226 e. The normalized spacial score (nSPS) is 25.5. The molecule has 1 saturated carbocycles. The number of nitrogens with zero attached hydrogens (tertiary/aromatic N) is 1. The van der Waals surface area contributed by atoms with Crippen molar-refractivity contribution in [3.8, 4) is 0 Å². The lowest BCUT2D eigenvalue weighted by molar-refractivity contribution is -0.156. The van der Waals surface area contributed by atoms with E-state index in [1.165, 1.54) is 0 Å². The highest BCUT2D eigenvalue weighted by atomic mass is 35.5. The Morgan fingerprint density at radius 1 is 1.42 bits per heavy atom. The summed E-state index contributed by atoms with van der Waals surface area (Å²) in [5.41, 5.74) is 7.79. The first-order valence-electron chi connectivity index (χ1n) is 8.86. The van der Waals surface area contributed by atoms with E-state index in [4.69, 9.17) is 26.8 Å². The number of hydrogen-bond donors (Lipinski definition) is 1. The molecule has 2 N–H and O–H groups in total. The van der Waals surface area contributed by atoms with Crippen molar-refractivity contribution in [1.82, 2.24) is 4.90 Å². The molecular weight excluding hydrogens is 356 g/mol. The number of rotatable bonds is 8. The maximum absolute atomic E-state index is 12.4. The summed E-state index contributed by atoms with van der Waals surface area (Å²) < 4.78 is 11.0. The zero-order chi connectivity index (χ0) is 18.7. The third kappa shape index (κ3) is 4.43. The van der Waals surface area contributed by atoms with Gasteiger partial charge in [-0.15, -0.1) is 0 Å². The standard InChI is InChI=1S/C19H25ClN2O4/c1-13-6-14(2-3-17(13)20)11-26-16-9-22(10-16)18(24)15-7-19(21,8-15)12-25-5-4-23/h2-4,6,15-16H,5,7-12,21H2,1H3/t15-,19+. The first-order valence-corrected chi connectivity index (χ1v) is 9.24. The van der Waals surface area contributed by atoms with Crippen molar-refractivity contribution in [2.24, 2.45) is 11.7 Å². The molecule has 1 aromatic carbocycles. The Balaban J connectivity index is 1.35. The second-order valence-electron chi connectivity index (χ2n) is 7.41. The Kier molecular flexibility index (Phi) is 5.97. The molecule has 26 heavy (non-hydrogen) atoms. The van der Waals surface area contributed by atoms with Gasteiger partial charge in [-0.1, -0.05) is 23.7 Å². The van der Waals surface area contributed by atoms with E-state index >= 15 is 0 Å². The molecule has 0 atom stereocenters. The van der Waals surface area contributed by atoms with Crippen molar-refractivity contribution in [2.45, 2.75) is 38.0 Å². The molecule has 6 nitrogen and oxygen atoms in total. The minimum atomic E-state index is -0.476. The van der Waals surface area contributed by atoms with Crippen LogP contribution in [0.4, 0.5) is 0 Å². The third-order valence-corrected chi connectivity index (χ3v) is 5.52. The van der Waals surface area contributed by atoms with E-state index < -0.39 is 5.54 Å². The van der Waals surface area contributed by atoms with Gasteiger partial charge in [0.25, 0.3) is 0 Å². The van der Waals surface area contributed by atoms with Crippen LogP contribution in [0.5, 0.6) is 0 Å². The minimum absolute atomic E-state index is 0.0419. The van der Waals surface area contributed by atoms with Crippen molar-refractivity contribution >= 4 is 23.8 Å². The van der Waals surface area contributed by atoms with Gasteiger partial charge >= 0.3 is 0 Å². The number of nitrogens with two attached hydrogens (primary N) is 1. The van der Waals surface area contributed by atoms with E-state index in [-0.39, 0.29) is 24.5 Å². The molecule has 2 fully saturated rings. The molecular formula is C19H25ClN2O4. The predicted octanol–water partition coefficient (Wildman–Crippen LogP) is 1.70. The average molecular weight is 381 g/mol. The monoisotopic (exact) mass is 380 g/mol. The van der Waals surface area contributed by atoms with Crippen LogP contribution in [0.25, 0.3) is 0 Å². The fourth-order valence-corrected chi connectivity index (χ4v) is 3.63. The molecule has 1 aliphatic heterocycles. The largest absolute Gasteiger partial charge is 0.372 e. The summed E-state index contributed by atoms with van der Waals surface area (Å²) in [5, 5.41) is 0.752. The Labute approximate surface area is 158 Å². The Bertz CT molecular complexity index is 670. The lowest BCUT2D eigenvalue weighted by Crippen LogP contribution is -2.63. The third-order valence-electron chi connectivity index (χ3n) is 5.10. The summed E-state index contributed by atoms with van der Waals surface area (Å²) in [4.78, 5) is 24.5. The zero-order valence-electron chi connectivity index (χ0n) is 14.9. The van der Waals surface area contributed by atoms with Crippen LogP contribution in [0.1, 0.15) is 24.0 Å². The molecule has 1 aromatic rings. The SMILES string of the molecule is Cc1cc(COC2CN(C(=O)[C@H]3C[C@](N)(COCC=O)C3)C2)ccc1Cl. The number of ether oxygens (including phenoxy) is 2. The molecule has 0 unspecified atom stereocenters. The molecule has 0 radical (unpaired) electrons. The fourth-order valence-electron chi connectivity index (χ4n) is 3.52. The van der Waals surface area contributed by atoms with Gasteiger partial charge in [0.1, 0.15) is 12.9 Å². The highest BCUT2D eigenvalue weighted by Gasteiger charge is 2.47. The Morgan fingerprint density at radius 3 is 2.81 bits per heavy atom. The molecule has 7 heteroatoms. The second-order valence-corrected chi connectivity index (χ2v) is 7.82. The predicted molar refractivity (Wildman–Crippen MR) is 97.9 cm³/mol.